The highest BCUT2D eigenvalue weighted by molar-refractivity contribution is 5.94. The third kappa shape index (κ3) is 4.04. The van der Waals surface area contributed by atoms with Gasteiger partial charge in [-0.3, -0.25) is 4.79 Å². The van der Waals surface area contributed by atoms with E-state index in [1.807, 2.05) is 6.92 Å². The van der Waals surface area contributed by atoms with Crippen molar-refractivity contribution in [3.8, 4) is 0 Å². The van der Waals surface area contributed by atoms with Crippen LogP contribution in [-0.2, 0) is 9.53 Å². The van der Waals surface area contributed by atoms with Crippen LogP contribution in [0.2, 0.25) is 0 Å². The number of hydrogen-bond donors (Lipinski definition) is 2. The van der Waals surface area contributed by atoms with Gasteiger partial charge in [0.1, 0.15) is 11.4 Å². The molecule has 1 aromatic rings. The first kappa shape index (κ1) is 18.6. The van der Waals surface area contributed by atoms with Crippen molar-refractivity contribution in [2.24, 2.45) is 11.8 Å². The molecule has 0 aromatic heterocycles. The standard InChI is InChI=1S/C16H18F2N2O5/c1-8-5-9(14(21)22)7-20(6-8)16(24)19-11-4-3-10(17)12(13(11)18)15(23)25-2/h3-4,8-9H,5-7H2,1-2H3,(H,19,24)(H,21,22). The van der Waals surface area contributed by atoms with Gasteiger partial charge in [-0.05, 0) is 24.5 Å². The molecule has 1 saturated heterocycles. The van der Waals surface area contributed by atoms with Crippen LogP contribution in [-0.4, -0.2) is 48.2 Å². The average molecular weight is 356 g/mol. The summed E-state index contributed by atoms with van der Waals surface area (Å²) in [5, 5.41) is 11.4. The number of carbonyl (C=O) groups excluding carboxylic acids is 2. The molecular weight excluding hydrogens is 338 g/mol. The van der Waals surface area contributed by atoms with Crippen LogP contribution in [0.5, 0.6) is 0 Å². The fourth-order valence-corrected chi connectivity index (χ4v) is 2.83. The second kappa shape index (κ2) is 7.45. The highest BCUT2D eigenvalue weighted by Gasteiger charge is 2.32. The summed E-state index contributed by atoms with van der Waals surface area (Å²) in [6, 6.07) is 1.10. The van der Waals surface area contributed by atoms with Gasteiger partial charge in [0.25, 0.3) is 0 Å². The zero-order valence-electron chi connectivity index (χ0n) is 13.7. The number of carbonyl (C=O) groups is 3. The molecule has 9 heteroatoms. The molecule has 136 valence electrons. The zero-order valence-corrected chi connectivity index (χ0v) is 13.7. The highest BCUT2D eigenvalue weighted by Crippen LogP contribution is 2.25. The predicted octanol–water partition coefficient (Wildman–Crippen LogP) is 2.33. The van der Waals surface area contributed by atoms with Crippen molar-refractivity contribution in [3.05, 3.63) is 29.3 Å². The molecule has 0 saturated carbocycles. The molecule has 2 amide bonds. The molecule has 1 aromatic carbocycles. The van der Waals surface area contributed by atoms with Crippen molar-refractivity contribution in [1.29, 1.82) is 0 Å². The van der Waals surface area contributed by atoms with E-state index in [0.29, 0.717) is 13.0 Å². The number of esters is 1. The minimum atomic E-state index is -1.25. The number of ether oxygens (including phenoxy) is 1. The summed E-state index contributed by atoms with van der Waals surface area (Å²) in [4.78, 5) is 36.2. The summed E-state index contributed by atoms with van der Waals surface area (Å²) >= 11 is 0. The minimum Gasteiger partial charge on any atom is -0.481 e. The number of benzene rings is 1. The van der Waals surface area contributed by atoms with Gasteiger partial charge >= 0.3 is 18.0 Å². The number of urea groups is 1. The molecule has 1 heterocycles. The lowest BCUT2D eigenvalue weighted by Gasteiger charge is -2.34. The van der Waals surface area contributed by atoms with E-state index in [2.05, 4.69) is 10.1 Å². The maximum Gasteiger partial charge on any atom is 0.343 e. The molecule has 2 rings (SSSR count). The molecule has 0 spiro atoms. The van der Waals surface area contributed by atoms with Gasteiger partial charge in [0, 0.05) is 13.1 Å². The van der Waals surface area contributed by atoms with E-state index in [0.717, 1.165) is 19.2 Å². The van der Waals surface area contributed by atoms with Gasteiger partial charge in [0.15, 0.2) is 5.82 Å². The molecule has 2 unspecified atom stereocenters. The van der Waals surface area contributed by atoms with Crippen LogP contribution in [0.4, 0.5) is 19.3 Å². The first-order chi connectivity index (χ1) is 11.7. The Morgan fingerprint density at radius 2 is 1.96 bits per heavy atom. The van der Waals surface area contributed by atoms with E-state index in [4.69, 9.17) is 5.11 Å². The van der Waals surface area contributed by atoms with Crippen molar-refractivity contribution in [3.63, 3.8) is 0 Å². The van der Waals surface area contributed by atoms with Crippen LogP contribution >= 0.6 is 0 Å². The Hall–Kier alpha value is -2.71. The maximum atomic E-state index is 14.3. The topological polar surface area (TPSA) is 95.9 Å². The number of likely N-dealkylation sites (tertiary alicyclic amines) is 1. The van der Waals surface area contributed by atoms with Crippen molar-refractivity contribution in [2.45, 2.75) is 13.3 Å². The number of rotatable bonds is 3. The number of halogens is 2. The monoisotopic (exact) mass is 356 g/mol. The van der Waals surface area contributed by atoms with Gasteiger partial charge < -0.3 is 20.1 Å². The Labute approximate surface area is 142 Å². The van der Waals surface area contributed by atoms with Crippen molar-refractivity contribution in [2.75, 3.05) is 25.5 Å². The molecule has 0 aliphatic carbocycles. The first-order valence-electron chi connectivity index (χ1n) is 7.59. The van der Waals surface area contributed by atoms with Crippen LogP contribution in [0, 0.1) is 23.5 Å². The van der Waals surface area contributed by atoms with Crippen molar-refractivity contribution >= 4 is 23.7 Å². The average Bonchev–Trinajstić information content (AvgIpc) is 2.56. The lowest BCUT2D eigenvalue weighted by Crippen LogP contribution is -2.47. The Morgan fingerprint density at radius 3 is 2.56 bits per heavy atom. The maximum absolute atomic E-state index is 14.3. The quantitative estimate of drug-likeness (QED) is 0.811. The van der Waals surface area contributed by atoms with E-state index in [9.17, 15) is 23.2 Å². The number of carboxylic acids is 1. The Kier molecular flexibility index (Phi) is 5.55. The second-order valence-electron chi connectivity index (χ2n) is 5.99. The number of aliphatic carboxylic acids is 1. The van der Waals surface area contributed by atoms with Crippen LogP contribution in [0.25, 0.3) is 0 Å². The number of nitrogens with zero attached hydrogens (tertiary/aromatic N) is 1. The predicted molar refractivity (Wildman–Crippen MR) is 83.2 cm³/mol. The Morgan fingerprint density at radius 1 is 1.28 bits per heavy atom. The van der Waals surface area contributed by atoms with Crippen LogP contribution in [0.15, 0.2) is 12.1 Å². The van der Waals surface area contributed by atoms with E-state index in [1.54, 1.807) is 0 Å². The smallest absolute Gasteiger partial charge is 0.343 e. The fraction of sp³-hybridized carbons (Fsp3) is 0.438. The first-order valence-corrected chi connectivity index (χ1v) is 7.59. The molecule has 0 bridgehead atoms. The van der Waals surface area contributed by atoms with E-state index < -0.39 is 46.8 Å². The summed E-state index contributed by atoms with van der Waals surface area (Å²) in [7, 11) is 0.980. The largest absolute Gasteiger partial charge is 0.481 e. The number of nitrogens with one attached hydrogen (secondary N) is 1. The fourth-order valence-electron chi connectivity index (χ4n) is 2.83. The number of anilines is 1. The molecule has 2 atom stereocenters. The molecule has 1 fully saturated rings. The van der Waals surface area contributed by atoms with E-state index in [-0.39, 0.29) is 12.5 Å². The normalized spacial score (nSPS) is 20.1. The molecule has 0 radical (unpaired) electrons. The summed E-state index contributed by atoms with van der Waals surface area (Å²) in [5.74, 6) is -5.32. The molecule has 7 nitrogen and oxygen atoms in total. The second-order valence-corrected chi connectivity index (χ2v) is 5.99. The van der Waals surface area contributed by atoms with Gasteiger partial charge in [-0.25, -0.2) is 18.4 Å². The van der Waals surface area contributed by atoms with Gasteiger partial charge in [-0.15, -0.1) is 0 Å². The van der Waals surface area contributed by atoms with Gasteiger partial charge in [-0.1, -0.05) is 6.92 Å². The Balaban J connectivity index is 2.20. The Bertz CT molecular complexity index is 710. The SMILES string of the molecule is COC(=O)c1c(F)ccc(NC(=O)N2CC(C)CC(C(=O)O)C2)c1F. The summed E-state index contributed by atoms with van der Waals surface area (Å²) in [6.07, 6.45) is 0.441. The third-order valence-corrected chi connectivity index (χ3v) is 4.02. The number of amides is 2. The highest BCUT2D eigenvalue weighted by atomic mass is 19.1. The van der Waals surface area contributed by atoms with Gasteiger partial charge in [0.05, 0.1) is 18.7 Å². The minimum absolute atomic E-state index is 0.0157. The van der Waals surface area contributed by atoms with Crippen molar-refractivity contribution < 1.29 is 33.0 Å². The van der Waals surface area contributed by atoms with Crippen LogP contribution in [0.3, 0.4) is 0 Å². The molecule has 1 aliphatic heterocycles. The summed E-state index contributed by atoms with van der Waals surface area (Å²) in [5.41, 5.74) is -1.30. The number of methoxy groups -OCH3 is 1. The van der Waals surface area contributed by atoms with E-state index in [1.165, 1.54) is 4.90 Å². The van der Waals surface area contributed by atoms with Gasteiger partial charge in [-0.2, -0.15) is 0 Å². The molecule has 2 N–H and O–H groups in total. The van der Waals surface area contributed by atoms with E-state index >= 15 is 0 Å². The summed E-state index contributed by atoms with van der Waals surface area (Å²) < 4.78 is 32.3. The number of carboxylic acid groups (broad SMARTS) is 1. The molecule has 25 heavy (non-hydrogen) atoms. The third-order valence-electron chi connectivity index (χ3n) is 4.02. The van der Waals surface area contributed by atoms with Gasteiger partial charge in [0.2, 0.25) is 0 Å². The lowest BCUT2D eigenvalue weighted by molar-refractivity contribution is -0.143. The zero-order chi connectivity index (χ0) is 18.7. The lowest BCUT2D eigenvalue weighted by atomic mass is 9.91. The number of hydrogen-bond acceptors (Lipinski definition) is 4. The van der Waals surface area contributed by atoms with Crippen LogP contribution < -0.4 is 5.32 Å². The summed E-state index contributed by atoms with van der Waals surface area (Å²) in [6.45, 7) is 2.10. The number of piperidine rings is 1. The van der Waals surface area contributed by atoms with Crippen LogP contribution in [0.1, 0.15) is 23.7 Å². The molecule has 1 aliphatic rings. The molecular formula is C16H18F2N2O5. The van der Waals surface area contributed by atoms with Crippen molar-refractivity contribution in [1.82, 2.24) is 4.90 Å².